The monoisotopic (exact) mass is 285 g/mol. The van der Waals surface area contributed by atoms with Crippen LogP contribution in [0, 0.1) is 0 Å². The number of sulfonamides is 1. The molecule has 1 aromatic rings. The van der Waals surface area contributed by atoms with Crippen LogP contribution in [0.1, 0.15) is 33.6 Å². The molecular weight excluding hydrogens is 274 g/mol. The molecule has 1 aliphatic rings. The standard InChI is InChI=1S/C11H11NO6S/c13-10(14)6-3-7(11(15)16)5-8(4-6)12-19(17,18)9-1-2-9/h3-5,9,12H,1-2H2,(H,13,14)(H,15,16). The van der Waals surface area contributed by atoms with Gasteiger partial charge in [0.1, 0.15) is 0 Å². The second-order valence-corrected chi connectivity index (χ2v) is 6.22. The van der Waals surface area contributed by atoms with Crippen LogP contribution in [0.5, 0.6) is 0 Å². The largest absolute Gasteiger partial charge is 0.478 e. The molecule has 102 valence electrons. The average Bonchev–Trinajstić information content (AvgIpc) is 3.11. The zero-order valence-corrected chi connectivity index (χ0v) is 10.5. The Hall–Kier alpha value is -2.09. The van der Waals surface area contributed by atoms with Gasteiger partial charge < -0.3 is 10.2 Å². The molecule has 0 aromatic heterocycles. The zero-order valence-electron chi connectivity index (χ0n) is 9.66. The molecule has 1 aliphatic carbocycles. The van der Waals surface area contributed by atoms with E-state index in [1.807, 2.05) is 0 Å². The number of hydrogen-bond donors (Lipinski definition) is 3. The molecule has 0 radical (unpaired) electrons. The zero-order chi connectivity index (χ0) is 14.2. The fraction of sp³-hybridized carbons (Fsp3) is 0.273. The molecule has 1 saturated carbocycles. The van der Waals surface area contributed by atoms with Gasteiger partial charge in [-0.15, -0.1) is 0 Å². The molecule has 1 fully saturated rings. The maximum absolute atomic E-state index is 11.7. The quantitative estimate of drug-likeness (QED) is 0.741. The molecule has 7 nitrogen and oxygen atoms in total. The summed E-state index contributed by atoms with van der Waals surface area (Å²) in [5.74, 6) is -2.65. The Labute approximate surface area is 108 Å². The van der Waals surface area contributed by atoms with E-state index in [1.165, 1.54) is 0 Å². The lowest BCUT2D eigenvalue weighted by Gasteiger charge is -2.09. The SMILES string of the molecule is O=C(O)c1cc(NS(=O)(=O)C2CC2)cc(C(=O)O)c1. The van der Waals surface area contributed by atoms with Crippen molar-refractivity contribution >= 4 is 27.6 Å². The van der Waals surface area contributed by atoms with E-state index < -0.39 is 27.2 Å². The number of carboxylic acid groups (broad SMARTS) is 2. The van der Waals surface area contributed by atoms with Crippen LogP contribution in [-0.4, -0.2) is 35.8 Å². The Balaban J connectivity index is 2.39. The highest BCUT2D eigenvalue weighted by molar-refractivity contribution is 7.93. The molecule has 0 amide bonds. The Morgan fingerprint density at radius 1 is 1.05 bits per heavy atom. The summed E-state index contributed by atoms with van der Waals surface area (Å²) in [5.41, 5.74) is -0.619. The van der Waals surface area contributed by atoms with Crippen molar-refractivity contribution in [3.8, 4) is 0 Å². The third kappa shape index (κ3) is 3.02. The minimum absolute atomic E-state index is 0.0517. The van der Waals surface area contributed by atoms with Crippen LogP contribution in [0.3, 0.4) is 0 Å². The normalized spacial score (nSPS) is 14.9. The molecule has 0 saturated heterocycles. The van der Waals surface area contributed by atoms with Crippen LogP contribution in [0.2, 0.25) is 0 Å². The number of hydrogen-bond acceptors (Lipinski definition) is 4. The van der Waals surface area contributed by atoms with Gasteiger partial charge in [-0.25, -0.2) is 18.0 Å². The summed E-state index contributed by atoms with van der Waals surface area (Å²) in [6.45, 7) is 0. The third-order valence-electron chi connectivity index (χ3n) is 2.65. The molecular formula is C11H11NO6S. The van der Waals surface area contributed by atoms with Gasteiger partial charge in [-0.2, -0.15) is 0 Å². The van der Waals surface area contributed by atoms with Gasteiger partial charge in [0.25, 0.3) is 0 Å². The van der Waals surface area contributed by atoms with Gasteiger partial charge in [0, 0.05) is 0 Å². The molecule has 0 bridgehead atoms. The summed E-state index contributed by atoms with van der Waals surface area (Å²) in [5, 5.41) is 17.3. The van der Waals surface area contributed by atoms with E-state index in [0.29, 0.717) is 12.8 Å². The van der Waals surface area contributed by atoms with Crippen LogP contribution in [-0.2, 0) is 10.0 Å². The minimum atomic E-state index is -3.56. The maximum Gasteiger partial charge on any atom is 0.335 e. The average molecular weight is 285 g/mol. The summed E-state index contributed by atoms with van der Waals surface area (Å²) in [7, 11) is -3.56. The van der Waals surface area contributed by atoms with Crippen LogP contribution < -0.4 is 4.72 Å². The highest BCUT2D eigenvalue weighted by atomic mass is 32.2. The number of benzene rings is 1. The van der Waals surface area contributed by atoms with Crippen molar-refractivity contribution in [2.75, 3.05) is 4.72 Å². The molecule has 0 heterocycles. The van der Waals surface area contributed by atoms with E-state index in [9.17, 15) is 18.0 Å². The molecule has 0 aliphatic heterocycles. The fourth-order valence-electron chi connectivity index (χ4n) is 1.56. The van der Waals surface area contributed by atoms with E-state index in [-0.39, 0.29) is 16.8 Å². The lowest BCUT2D eigenvalue weighted by Crippen LogP contribution is -2.18. The number of anilines is 1. The molecule has 19 heavy (non-hydrogen) atoms. The van der Waals surface area contributed by atoms with Gasteiger partial charge in [-0.1, -0.05) is 0 Å². The minimum Gasteiger partial charge on any atom is -0.478 e. The summed E-state index contributed by atoms with van der Waals surface area (Å²) in [6, 6.07) is 3.16. The number of aromatic carboxylic acids is 2. The lowest BCUT2D eigenvalue weighted by molar-refractivity contribution is 0.0696. The first kappa shape index (κ1) is 13.3. The highest BCUT2D eigenvalue weighted by Crippen LogP contribution is 2.30. The van der Waals surface area contributed by atoms with Crippen molar-refractivity contribution < 1.29 is 28.2 Å². The number of rotatable bonds is 5. The second kappa shape index (κ2) is 4.54. The van der Waals surface area contributed by atoms with Gasteiger partial charge in [0.2, 0.25) is 10.0 Å². The van der Waals surface area contributed by atoms with Gasteiger partial charge in [0.05, 0.1) is 22.1 Å². The summed E-state index contributed by atoms with van der Waals surface area (Å²) in [6.07, 6.45) is 1.11. The maximum atomic E-state index is 11.7. The molecule has 0 spiro atoms. The van der Waals surface area contributed by atoms with E-state index in [0.717, 1.165) is 18.2 Å². The van der Waals surface area contributed by atoms with E-state index in [4.69, 9.17) is 10.2 Å². The van der Waals surface area contributed by atoms with Crippen molar-refractivity contribution in [3.05, 3.63) is 29.3 Å². The fourth-order valence-corrected chi connectivity index (χ4v) is 2.93. The van der Waals surface area contributed by atoms with Crippen molar-refractivity contribution in [1.29, 1.82) is 0 Å². The lowest BCUT2D eigenvalue weighted by atomic mass is 10.1. The van der Waals surface area contributed by atoms with Crippen molar-refractivity contribution in [2.45, 2.75) is 18.1 Å². The number of carbonyl (C=O) groups is 2. The summed E-state index contributed by atoms with van der Waals surface area (Å²) < 4.78 is 25.7. The van der Waals surface area contributed by atoms with Crippen molar-refractivity contribution in [2.24, 2.45) is 0 Å². The van der Waals surface area contributed by atoms with E-state index >= 15 is 0 Å². The molecule has 0 unspecified atom stereocenters. The third-order valence-corrected chi connectivity index (χ3v) is 4.52. The molecule has 2 rings (SSSR count). The van der Waals surface area contributed by atoms with Gasteiger partial charge in [-0.05, 0) is 31.0 Å². The Morgan fingerprint density at radius 2 is 1.53 bits per heavy atom. The molecule has 8 heteroatoms. The number of nitrogens with one attached hydrogen (secondary N) is 1. The molecule has 0 atom stereocenters. The van der Waals surface area contributed by atoms with E-state index in [1.54, 1.807) is 0 Å². The van der Waals surface area contributed by atoms with Crippen molar-refractivity contribution in [1.82, 2.24) is 0 Å². The van der Waals surface area contributed by atoms with Gasteiger partial charge in [0.15, 0.2) is 0 Å². The summed E-state index contributed by atoms with van der Waals surface area (Å²) >= 11 is 0. The Bertz CT molecular complexity index is 615. The van der Waals surface area contributed by atoms with Gasteiger partial charge in [-0.3, -0.25) is 4.72 Å². The second-order valence-electron chi connectivity index (χ2n) is 4.26. The first-order valence-corrected chi connectivity index (χ1v) is 6.97. The summed E-state index contributed by atoms with van der Waals surface area (Å²) in [4.78, 5) is 21.7. The Kier molecular flexibility index (Phi) is 3.19. The predicted molar refractivity (Wildman–Crippen MR) is 65.9 cm³/mol. The van der Waals surface area contributed by atoms with E-state index in [2.05, 4.69) is 4.72 Å². The first-order valence-electron chi connectivity index (χ1n) is 5.43. The number of carboxylic acids is 2. The van der Waals surface area contributed by atoms with Crippen LogP contribution >= 0.6 is 0 Å². The Morgan fingerprint density at radius 3 is 1.89 bits per heavy atom. The van der Waals surface area contributed by atoms with Crippen LogP contribution in [0.15, 0.2) is 18.2 Å². The predicted octanol–water partition coefficient (Wildman–Crippen LogP) is 0.987. The molecule has 3 N–H and O–H groups in total. The van der Waals surface area contributed by atoms with Gasteiger partial charge >= 0.3 is 11.9 Å². The van der Waals surface area contributed by atoms with Crippen molar-refractivity contribution in [3.63, 3.8) is 0 Å². The van der Waals surface area contributed by atoms with Crippen LogP contribution in [0.4, 0.5) is 5.69 Å². The molecule has 1 aromatic carbocycles. The van der Waals surface area contributed by atoms with Crippen LogP contribution in [0.25, 0.3) is 0 Å². The first-order chi connectivity index (χ1) is 8.79. The highest BCUT2D eigenvalue weighted by Gasteiger charge is 2.35. The smallest absolute Gasteiger partial charge is 0.335 e. The topological polar surface area (TPSA) is 121 Å².